The monoisotopic (exact) mass is 326 g/mol. The molecule has 0 radical (unpaired) electrons. The first-order valence-electron chi connectivity index (χ1n) is 9.47. The van der Waals surface area contributed by atoms with Crippen LogP contribution in [0.25, 0.3) is 10.9 Å². The fourth-order valence-corrected chi connectivity index (χ4v) is 4.56. The van der Waals surface area contributed by atoms with Crippen LogP contribution in [-0.2, 0) is 17.8 Å². The van der Waals surface area contributed by atoms with E-state index in [4.69, 9.17) is 0 Å². The lowest BCUT2D eigenvalue weighted by Gasteiger charge is -2.34. The number of H-pyrrole nitrogens is 1. The molecule has 2 atom stereocenters. The zero-order valence-corrected chi connectivity index (χ0v) is 14.6. The fraction of sp³-hybridized carbons (Fsp3) is 0.550. The van der Waals surface area contributed by atoms with Crippen LogP contribution >= 0.6 is 0 Å². The van der Waals surface area contributed by atoms with E-state index in [1.807, 2.05) is 0 Å². The maximum atomic E-state index is 12.9. The van der Waals surface area contributed by atoms with Crippen LogP contribution < -0.4 is 4.90 Å². The first-order valence-corrected chi connectivity index (χ1v) is 9.47. The van der Waals surface area contributed by atoms with E-state index in [1.54, 1.807) is 0 Å². The van der Waals surface area contributed by atoms with E-state index in [0.717, 1.165) is 26.1 Å². The van der Waals surface area contributed by atoms with Crippen LogP contribution in [0.3, 0.4) is 0 Å². The maximum absolute atomic E-state index is 12.9. The van der Waals surface area contributed by atoms with Gasteiger partial charge in [0, 0.05) is 41.7 Å². The first kappa shape index (κ1) is 15.7. The van der Waals surface area contributed by atoms with Crippen LogP contribution in [0.5, 0.6) is 0 Å². The van der Waals surface area contributed by atoms with Crippen molar-refractivity contribution in [3.63, 3.8) is 0 Å². The summed E-state index contributed by atoms with van der Waals surface area (Å²) in [4.78, 5) is 20.0. The van der Waals surface area contributed by atoms with E-state index in [-0.39, 0.29) is 0 Å². The topological polar surface area (TPSA) is 40.5 Å². The van der Waals surface area contributed by atoms with Gasteiger partial charge >= 0.3 is 0 Å². The minimum absolute atomic E-state index is 0.335. The van der Waals surface area contributed by atoms with Gasteiger partial charge in [-0.1, -0.05) is 25.1 Å². The van der Waals surface area contributed by atoms with E-state index in [2.05, 4.69) is 41.1 Å². The second-order valence-electron chi connectivity index (χ2n) is 7.38. The van der Waals surface area contributed by atoms with Crippen molar-refractivity contribution in [1.82, 2.24) is 9.88 Å². The molecule has 2 N–H and O–H groups in total. The number of piperidine rings is 1. The summed E-state index contributed by atoms with van der Waals surface area (Å²) >= 11 is 0. The molecule has 1 amide bonds. The van der Waals surface area contributed by atoms with Gasteiger partial charge in [-0.3, -0.25) is 4.79 Å². The molecule has 0 spiro atoms. The molecule has 24 heavy (non-hydrogen) atoms. The zero-order chi connectivity index (χ0) is 16.5. The zero-order valence-electron chi connectivity index (χ0n) is 14.6. The van der Waals surface area contributed by atoms with E-state index < -0.39 is 0 Å². The number of para-hydroxylation sites is 1. The van der Waals surface area contributed by atoms with Crippen molar-refractivity contribution in [3.8, 4) is 0 Å². The van der Waals surface area contributed by atoms with Crippen LogP contribution in [0, 0.1) is 0 Å². The van der Waals surface area contributed by atoms with Gasteiger partial charge in [0.2, 0.25) is 0 Å². The largest absolute Gasteiger partial charge is 0.358 e. The number of carbonyl (C=O) groups is 1. The summed E-state index contributed by atoms with van der Waals surface area (Å²) in [6, 6.07) is 9.13. The molecular formula is C20H28N3O+. The summed E-state index contributed by atoms with van der Waals surface area (Å²) in [6.07, 6.45) is 6.02. The van der Waals surface area contributed by atoms with E-state index in [1.165, 1.54) is 52.7 Å². The summed E-state index contributed by atoms with van der Waals surface area (Å²) < 4.78 is 0. The highest BCUT2D eigenvalue weighted by molar-refractivity contribution is 5.86. The average Bonchev–Trinajstić information content (AvgIpc) is 3.00. The Hall–Kier alpha value is -1.81. The summed E-state index contributed by atoms with van der Waals surface area (Å²) in [5.74, 6) is 0.335. The predicted molar refractivity (Wildman–Crippen MR) is 96.0 cm³/mol. The molecule has 2 aliphatic heterocycles. The van der Waals surface area contributed by atoms with Gasteiger partial charge in [0.1, 0.15) is 0 Å². The number of nitrogens with one attached hydrogen (secondary N) is 2. The minimum atomic E-state index is 0.335. The highest BCUT2D eigenvalue weighted by Gasteiger charge is 2.30. The number of amides is 1. The Bertz CT molecular complexity index is 736. The normalized spacial score (nSPS) is 24.1. The molecule has 2 aliphatic rings. The van der Waals surface area contributed by atoms with Crippen molar-refractivity contribution >= 4 is 16.8 Å². The Kier molecular flexibility index (Phi) is 4.31. The molecule has 0 aliphatic carbocycles. The molecule has 3 heterocycles. The third kappa shape index (κ3) is 2.84. The van der Waals surface area contributed by atoms with Crippen LogP contribution in [0.1, 0.15) is 43.9 Å². The number of fused-ring (bicyclic) bond motifs is 3. The quantitative estimate of drug-likeness (QED) is 0.889. The van der Waals surface area contributed by atoms with Crippen LogP contribution in [0.2, 0.25) is 0 Å². The summed E-state index contributed by atoms with van der Waals surface area (Å²) in [6.45, 7) is 5.72. The fourth-order valence-electron chi connectivity index (χ4n) is 4.56. The molecule has 1 aromatic heterocycles. The summed E-state index contributed by atoms with van der Waals surface area (Å²) in [7, 11) is 0. The highest BCUT2D eigenvalue weighted by atomic mass is 16.2. The lowest BCUT2D eigenvalue weighted by molar-refractivity contribution is -0.923. The van der Waals surface area contributed by atoms with Crippen molar-refractivity contribution in [1.29, 1.82) is 0 Å². The third-order valence-electron chi connectivity index (χ3n) is 5.98. The SMILES string of the molecule is CC[C@@H]1CCCC[NH+]1CC(=O)N1CCc2[nH]c3ccccc3c2C1. The number of likely N-dealkylation sites (tertiary alicyclic amines) is 1. The summed E-state index contributed by atoms with van der Waals surface area (Å²) in [5, 5.41) is 1.28. The number of rotatable bonds is 3. The van der Waals surface area contributed by atoms with Crippen molar-refractivity contribution in [2.75, 3.05) is 19.6 Å². The molecule has 4 nitrogen and oxygen atoms in total. The number of carbonyl (C=O) groups excluding carboxylic acids is 1. The highest BCUT2D eigenvalue weighted by Crippen LogP contribution is 2.27. The van der Waals surface area contributed by atoms with E-state index in [9.17, 15) is 4.79 Å². The molecule has 1 aromatic carbocycles. The van der Waals surface area contributed by atoms with Gasteiger partial charge in [0.05, 0.1) is 12.6 Å². The Morgan fingerprint density at radius 1 is 1.33 bits per heavy atom. The smallest absolute Gasteiger partial charge is 0.278 e. The van der Waals surface area contributed by atoms with E-state index >= 15 is 0 Å². The summed E-state index contributed by atoms with van der Waals surface area (Å²) in [5.41, 5.74) is 3.84. The van der Waals surface area contributed by atoms with Crippen molar-refractivity contribution in [2.45, 2.75) is 51.6 Å². The molecule has 1 fully saturated rings. The Balaban J connectivity index is 1.48. The number of aromatic nitrogens is 1. The second kappa shape index (κ2) is 6.60. The van der Waals surface area contributed by atoms with Gasteiger partial charge in [0.15, 0.2) is 6.54 Å². The van der Waals surface area contributed by atoms with Gasteiger partial charge in [-0.05, 0) is 31.7 Å². The van der Waals surface area contributed by atoms with Crippen molar-refractivity contribution in [3.05, 3.63) is 35.5 Å². The van der Waals surface area contributed by atoms with Gasteiger partial charge in [-0.15, -0.1) is 0 Å². The Morgan fingerprint density at radius 3 is 3.08 bits per heavy atom. The van der Waals surface area contributed by atoms with Crippen LogP contribution in [0.15, 0.2) is 24.3 Å². The number of hydrogen-bond donors (Lipinski definition) is 2. The maximum Gasteiger partial charge on any atom is 0.278 e. The van der Waals surface area contributed by atoms with Gasteiger partial charge in [-0.2, -0.15) is 0 Å². The molecule has 1 saturated heterocycles. The number of nitrogens with zero attached hydrogens (tertiary/aromatic N) is 1. The molecule has 0 bridgehead atoms. The third-order valence-corrected chi connectivity index (χ3v) is 5.98. The molecule has 0 saturated carbocycles. The number of hydrogen-bond acceptors (Lipinski definition) is 1. The second-order valence-corrected chi connectivity index (χ2v) is 7.38. The van der Waals surface area contributed by atoms with E-state index in [0.29, 0.717) is 18.5 Å². The molecular weight excluding hydrogens is 298 g/mol. The molecule has 1 unspecified atom stereocenters. The molecule has 128 valence electrons. The predicted octanol–water partition coefficient (Wildman–Crippen LogP) is 1.90. The Labute approximate surface area is 143 Å². The minimum Gasteiger partial charge on any atom is -0.358 e. The first-order chi connectivity index (χ1) is 11.8. The molecule has 4 heteroatoms. The van der Waals surface area contributed by atoms with Crippen molar-refractivity contribution < 1.29 is 9.69 Å². The number of aromatic amines is 1. The van der Waals surface area contributed by atoms with Crippen LogP contribution in [-0.4, -0.2) is 41.5 Å². The number of benzene rings is 1. The lowest BCUT2D eigenvalue weighted by Crippen LogP contribution is -3.17. The standard InChI is InChI=1S/C20H27N3O/c1-2-15-7-5-6-11-22(15)14-20(24)23-12-10-19-17(13-23)16-8-3-4-9-18(16)21-19/h3-4,8-9,15,21H,2,5-7,10-14H2,1H3/p+1/t15-/m1/s1. The van der Waals surface area contributed by atoms with Crippen molar-refractivity contribution in [2.24, 2.45) is 0 Å². The van der Waals surface area contributed by atoms with Gasteiger partial charge < -0.3 is 14.8 Å². The lowest BCUT2D eigenvalue weighted by atomic mass is 10.00. The van der Waals surface area contributed by atoms with Gasteiger partial charge in [-0.25, -0.2) is 0 Å². The Morgan fingerprint density at radius 2 is 2.21 bits per heavy atom. The number of quaternary nitrogens is 1. The molecule has 2 aromatic rings. The molecule has 4 rings (SSSR count). The van der Waals surface area contributed by atoms with Gasteiger partial charge in [0.25, 0.3) is 5.91 Å². The average molecular weight is 326 g/mol. The van der Waals surface area contributed by atoms with Crippen LogP contribution in [0.4, 0.5) is 0 Å².